The number of nitrogens with zero attached hydrogens (tertiary/aromatic N) is 1. The second-order valence-corrected chi connectivity index (χ2v) is 8.60. The van der Waals surface area contributed by atoms with Gasteiger partial charge in [0.2, 0.25) is 0 Å². The minimum Gasteiger partial charge on any atom is -0.473 e. The Labute approximate surface area is 128 Å². The molecule has 1 fully saturated rings. The van der Waals surface area contributed by atoms with E-state index < -0.39 is 10.6 Å². The second kappa shape index (κ2) is 10.1. The summed E-state index contributed by atoms with van der Waals surface area (Å²) in [5, 5.41) is 15.5. The lowest BCUT2D eigenvalue weighted by molar-refractivity contribution is 0.190. The molecule has 1 heterocycles. The van der Waals surface area contributed by atoms with Crippen molar-refractivity contribution in [2.24, 2.45) is 0 Å². The third kappa shape index (κ3) is 8.23. The van der Waals surface area contributed by atoms with Crippen molar-refractivity contribution in [3.05, 3.63) is 0 Å². The fourth-order valence-corrected chi connectivity index (χ4v) is 5.28. The van der Waals surface area contributed by atoms with Gasteiger partial charge in [0.05, 0.1) is 0 Å². The second-order valence-electron chi connectivity index (χ2n) is 4.02. The molecule has 0 saturated carbocycles. The lowest BCUT2D eigenvalue weighted by Crippen LogP contribution is -2.42. The summed E-state index contributed by atoms with van der Waals surface area (Å²) in [7, 11) is 4.33. The molecule has 0 atom stereocenters. The van der Waals surface area contributed by atoms with Crippen LogP contribution in [0.2, 0.25) is 0 Å². The monoisotopic (exact) mass is 343 g/mol. The maximum absolute atomic E-state index is 10.5. The van der Waals surface area contributed by atoms with Gasteiger partial charge in [-0.25, -0.2) is 9.59 Å². The van der Waals surface area contributed by atoms with E-state index in [1.54, 1.807) is 0 Å². The van der Waals surface area contributed by atoms with Crippen LogP contribution >= 0.6 is 43.2 Å². The number of rotatable bonds is 7. The smallest absolute Gasteiger partial charge is 0.375 e. The molecule has 2 N–H and O–H groups in total. The number of carboxylic acid groups (broad SMARTS) is 2. The van der Waals surface area contributed by atoms with Gasteiger partial charge in [0.1, 0.15) is 0 Å². The molecule has 5 nitrogen and oxygen atoms in total. The SMILES string of the molecule is O=C(O)SSCC(CSSC(=O)O)N1CCCCC1. The zero-order valence-electron chi connectivity index (χ0n) is 10.3. The standard InChI is InChI=1S/C10H17NO4S4/c12-9(13)18-16-6-8(7-17-19-10(14)15)11-4-2-1-3-5-11/h8H,1-7H2,(H,12,13)(H,14,15). The van der Waals surface area contributed by atoms with Crippen LogP contribution in [-0.4, -0.2) is 56.4 Å². The third-order valence-electron chi connectivity index (χ3n) is 2.69. The number of hydrogen-bond acceptors (Lipinski definition) is 7. The van der Waals surface area contributed by atoms with Gasteiger partial charge in [0.25, 0.3) is 0 Å². The van der Waals surface area contributed by atoms with E-state index in [0.29, 0.717) is 11.5 Å². The van der Waals surface area contributed by atoms with Gasteiger partial charge in [-0.05, 0) is 25.9 Å². The first-order valence-corrected chi connectivity index (χ1v) is 10.5. The van der Waals surface area contributed by atoms with Crippen molar-refractivity contribution in [2.45, 2.75) is 25.3 Å². The van der Waals surface area contributed by atoms with Crippen LogP contribution in [0.4, 0.5) is 9.59 Å². The normalized spacial score (nSPS) is 16.7. The molecule has 0 unspecified atom stereocenters. The number of likely N-dealkylation sites (tertiary alicyclic amines) is 1. The Kier molecular flexibility index (Phi) is 9.21. The predicted molar refractivity (Wildman–Crippen MR) is 85.4 cm³/mol. The van der Waals surface area contributed by atoms with Gasteiger partial charge < -0.3 is 10.2 Å². The molecule has 0 aromatic rings. The van der Waals surface area contributed by atoms with Crippen molar-refractivity contribution in [1.82, 2.24) is 4.90 Å². The quantitative estimate of drug-likeness (QED) is 0.668. The van der Waals surface area contributed by atoms with Crippen LogP contribution in [0.15, 0.2) is 0 Å². The maximum atomic E-state index is 10.5. The first-order chi connectivity index (χ1) is 9.09. The molecule has 0 aromatic carbocycles. The van der Waals surface area contributed by atoms with Crippen molar-refractivity contribution < 1.29 is 19.8 Å². The van der Waals surface area contributed by atoms with Crippen molar-refractivity contribution in [1.29, 1.82) is 0 Å². The molecule has 0 radical (unpaired) electrons. The highest BCUT2D eigenvalue weighted by Crippen LogP contribution is 2.30. The summed E-state index contributed by atoms with van der Waals surface area (Å²) in [6, 6.07) is 0.244. The highest BCUT2D eigenvalue weighted by Gasteiger charge is 2.21. The lowest BCUT2D eigenvalue weighted by atomic mass is 10.1. The molecule has 1 aliphatic heterocycles. The molecule has 110 valence electrons. The van der Waals surface area contributed by atoms with Crippen LogP contribution in [-0.2, 0) is 0 Å². The summed E-state index contributed by atoms with van der Waals surface area (Å²) in [5.41, 5.74) is 0. The summed E-state index contributed by atoms with van der Waals surface area (Å²) in [6.45, 7) is 2.06. The summed E-state index contributed by atoms with van der Waals surface area (Å²) in [6.07, 6.45) is 3.59. The van der Waals surface area contributed by atoms with Crippen LogP contribution in [0.5, 0.6) is 0 Å². The fourth-order valence-electron chi connectivity index (χ4n) is 1.87. The maximum Gasteiger partial charge on any atom is 0.375 e. The molecule has 9 heteroatoms. The average molecular weight is 344 g/mol. The molecule has 0 bridgehead atoms. The van der Waals surface area contributed by atoms with E-state index >= 15 is 0 Å². The van der Waals surface area contributed by atoms with E-state index in [1.807, 2.05) is 0 Å². The van der Waals surface area contributed by atoms with Gasteiger partial charge in [0, 0.05) is 39.1 Å². The number of carbonyl (C=O) groups is 2. The molecule has 0 amide bonds. The van der Waals surface area contributed by atoms with Gasteiger partial charge >= 0.3 is 10.6 Å². The largest absolute Gasteiger partial charge is 0.473 e. The average Bonchev–Trinajstić information content (AvgIpc) is 2.37. The fraction of sp³-hybridized carbons (Fsp3) is 0.800. The number of hydrogen-bond donors (Lipinski definition) is 2. The van der Waals surface area contributed by atoms with Crippen LogP contribution < -0.4 is 0 Å². The first kappa shape index (κ1) is 17.4. The Morgan fingerprint density at radius 3 is 1.84 bits per heavy atom. The lowest BCUT2D eigenvalue weighted by Gasteiger charge is -2.33. The Balaban J connectivity index is 2.36. The van der Waals surface area contributed by atoms with Crippen molar-refractivity contribution in [3.8, 4) is 0 Å². The Morgan fingerprint density at radius 2 is 1.42 bits per heavy atom. The zero-order chi connectivity index (χ0) is 14.1. The van der Waals surface area contributed by atoms with Gasteiger partial charge in [-0.3, -0.25) is 4.90 Å². The molecular weight excluding hydrogens is 326 g/mol. The van der Waals surface area contributed by atoms with Crippen molar-refractivity contribution in [2.75, 3.05) is 24.6 Å². The Morgan fingerprint density at radius 1 is 0.947 bits per heavy atom. The van der Waals surface area contributed by atoms with Crippen LogP contribution in [0.3, 0.4) is 0 Å². The van der Waals surface area contributed by atoms with Crippen LogP contribution in [0.1, 0.15) is 19.3 Å². The molecule has 1 rings (SSSR count). The summed E-state index contributed by atoms with van der Waals surface area (Å²) < 4.78 is 0. The molecule has 1 saturated heterocycles. The summed E-state index contributed by atoms with van der Waals surface area (Å²) in [4.78, 5) is 23.4. The van der Waals surface area contributed by atoms with Crippen molar-refractivity contribution >= 4 is 53.8 Å². The molecular formula is C10H17NO4S4. The van der Waals surface area contributed by atoms with Crippen molar-refractivity contribution in [3.63, 3.8) is 0 Å². The molecule has 1 aliphatic rings. The first-order valence-electron chi connectivity index (χ1n) is 5.88. The van der Waals surface area contributed by atoms with Gasteiger partial charge in [-0.2, -0.15) is 0 Å². The zero-order valence-corrected chi connectivity index (χ0v) is 13.6. The van der Waals surface area contributed by atoms with E-state index in [9.17, 15) is 9.59 Å². The van der Waals surface area contributed by atoms with Crippen LogP contribution in [0, 0.1) is 0 Å². The minimum atomic E-state index is -0.880. The Hall–Kier alpha value is 0.300. The predicted octanol–water partition coefficient (Wildman–Crippen LogP) is 3.96. The number of piperidine rings is 1. The highest BCUT2D eigenvalue weighted by atomic mass is 33.1. The van der Waals surface area contributed by atoms with E-state index in [1.165, 1.54) is 40.9 Å². The highest BCUT2D eigenvalue weighted by molar-refractivity contribution is 8.82. The van der Waals surface area contributed by atoms with Crippen LogP contribution in [0.25, 0.3) is 0 Å². The Bertz CT molecular complexity index is 279. The topological polar surface area (TPSA) is 77.8 Å². The van der Waals surface area contributed by atoms with Gasteiger partial charge in [0.15, 0.2) is 0 Å². The summed E-state index contributed by atoms with van der Waals surface area (Å²) in [5.74, 6) is 1.42. The van der Waals surface area contributed by atoms with Gasteiger partial charge in [-0.15, -0.1) is 0 Å². The van der Waals surface area contributed by atoms with Gasteiger partial charge in [-0.1, -0.05) is 28.0 Å². The molecule has 19 heavy (non-hydrogen) atoms. The third-order valence-corrected chi connectivity index (χ3v) is 6.63. The van der Waals surface area contributed by atoms with E-state index in [-0.39, 0.29) is 6.04 Å². The summed E-state index contributed by atoms with van der Waals surface area (Å²) >= 11 is 0. The molecule has 0 spiro atoms. The molecule has 0 aliphatic carbocycles. The van der Waals surface area contributed by atoms with E-state index in [2.05, 4.69) is 4.90 Å². The van der Waals surface area contributed by atoms with E-state index in [4.69, 9.17) is 10.2 Å². The van der Waals surface area contributed by atoms with E-state index in [0.717, 1.165) is 34.7 Å². The molecule has 0 aromatic heterocycles. The minimum absolute atomic E-state index is 0.244.